The molecule has 1 heterocycles. The Bertz CT molecular complexity index is 411. The maximum absolute atomic E-state index is 14.3. The summed E-state index contributed by atoms with van der Waals surface area (Å²) in [4.78, 5) is 0. The Balaban J connectivity index is 2.27. The molecule has 3 nitrogen and oxygen atoms in total. The van der Waals surface area contributed by atoms with Crippen molar-refractivity contribution >= 4 is 0 Å². The van der Waals surface area contributed by atoms with Gasteiger partial charge in [0, 0.05) is 17.5 Å². The quantitative estimate of drug-likeness (QED) is 0.894. The van der Waals surface area contributed by atoms with Crippen LogP contribution < -0.4 is 10.1 Å². The monoisotopic (exact) mass is 253 g/mol. The largest absolute Gasteiger partial charge is 0.494 e. The smallest absolute Gasteiger partial charge is 0.169 e. The van der Waals surface area contributed by atoms with Crippen molar-refractivity contribution in [2.45, 2.75) is 25.5 Å². The molecule has 1 saturated heterocycles. The van der Waals surface area contributed by atoms with Crippen LogP contribution in [-0.4, -0.2) is 26.9 Å². The van der Waals surface area contributed by atoms with E-state index in [1.54, 1.807) is 6.07 Å². The minimum Gasteiger partial charge on any atom is -0.494 e. The number of hydrogen-bond donors (Lipinski definition) is 1. The predicted octanol–water partition coefficient (Wildman–Crippen LogP) is 2.52. The highest BCUT2D eigenvalue weighted by Crippen LogP contribution is 2.34. The van der Waals surface area contributed by atoms with Crippen LogP contribution in [0.3, 0.4) is 0 Å². The standard InChI is InChI=1S/C14H20FNO2/c1-9-7-10(8-18-9)14(16-2)11-5-4-6-12(17-3)13(11)15/h4-6,9-10,14,16H,7-8H2,1-3H3. The lowest BCUT2D eigenvalue weighted by Gasteiger charge is -2.23. The molecule has 1 aromatic carbocycles. The zero-order valence-corrected chi connectivity index (χ0v) is 11.1. The summed E-state index contributed by atoms with van der Waals surface area (Å²) in [5, 5.41) is 3.20. The van der Waals surface area contributed by atoms with Crippen LogP contribution in [-0.2, 0) is 4.74 Å². The second kappa shape index (κ2) is 5.67. The Hall–Kier alpha value is -1.13. The van der Waals surface area contributed by atoms with Crippen molar-refractivity contribution < 1.29 is 13.9 Å². The SMILES string of the molecule is CNC(c1cccc(OC)c1F)C1COC(C)C1. The molecule has 0 aromatic heterocycles. The summed E-state index contributed by atoms with van der Waals surface area (Å²) in [6, 6.07) is 5.23. The molecule has 3 atom stereocenters. The lowest BCUT2D eigenvalue weighted by molar-refractivity contribution is 0.117. The van der Waals surface area contributed by atoms with E-state index in [-0.39, 0.29) is 18.0 Å². The van der Waals surface area contributed by atoms with Crippen LogP contribution in [0.1, 0.15) is 24.9 Å². The van der Waals surface area contributed by atoms with Crippen molar-refractivity contribution in [1.82, 2.24) is 5.32 Å². The second-order valence-corrected chi connectivity index (χ2v) is 4.77. The fraction of sp³-hybridized carbons (Fsp3) is 0.571. The Morgan fingerprint density at radius 1 is 1.50 bits per heavy atom. The first-order valence-electron chi connectivity index (χ1n) is 6.28. The molecular formula is C14H20FNO2. The normalized spacial score (nSPS) is 25.1. The molecule has 0 bridgehead atoms. The fourth-order valence-electron chi connectivity index (χ4n) is 2.65. The van der Waals surface area contributed by atoms with Gasteiger partial charge in [-0.15, -0.1) is 0 Å². The van der Waals surface area contributed by atoms with E-state index in [0.717, 1.165) is 6.42 Å². The predicted molar refractivity (Wildman–Crippen MR) is 68.3 cm³/mol. The van der Waals surface area contributed by atoms with E-state index in [1.807, 2.05) is 19.2 Å². The van der Waals surface area contributed by atoms with Crippen molar-refractivity contribution in [3.05, 3.63) is 29.6 Å². The lowest BCUT2D eigenvalue weighted by Crippen LogP contribution is -2.26. The van der Waals surface area contributed by atoms with Gasteiger partial charge in [0.05, 0.1) is 19.8 Å². The van der Waals surface area contributed by atoms with E-state index < -0.39 is 0 Å². The first-order chi connectivity index (χ1) is 8.67. The molecule has 18 heavy (non-hydrogen) atoms. The summed E-state index contributed by atoms with van der Waals surface area (Å²) < 4.78 is 24.9. The molecule has 0 aliphatic carbocycles. The van der Waals surface area contributed by atoms with Gasteiger partial charge in [0.15, 0.2) is 11.6 Å². The van der Waals surface area contributed by atoms with Gasteiger partial charge < -0.3 is 14.8 Å². The van der Waals surface area contributed by atoms with Crippen molar-refractivity contribution in [3.8, 4) is 5.75 Å². The second-order valence-electron chi connectivity index (χ2n) is 4.77. The van der Waals surface area contributed by atoms with Gasteiger partial charge in [0.1, 0.15) is 0 Å². The summed E-state index contributed by atoms with van der Waals surface area (Å²) in [5.41, 5.74) is 0.652. The third kappa shape index (κ3) is 2.49. The molecule has 1 aliphatic heterocycles. The van der Waals surface area contributed by atoms with Crippen molar-refractivity contribution in [1.29, 1.82) is 0 Å². The van der Waals surface area contributed by atoms with Crippen LogP contribution in [0, 0.1) is 11.7 Å². The molecule has 3 unspecified atom stereocenters. The van der Waals surface area contributed by atoms with Gasteiger partial charge >= 0.3 is 0 Å². The van der Waals surface area contributed by atoms with Crippen LogP contribution in [0.15, 0.2) is 18.2 Å². The third-order valence-electron chi connectivity index (χ3n) is 3.56. The molecule has 1 fully saturated rings. The number of benzene rings is 1. The fourth-order valence-corrected chi connectivity index (χ4v) is 2.65. The summed E-state index contributed by atoms with van der Waals surface area (Å²) in [5.74, 6) is 0.310. The topological polar surface area (TPSA) is 30.5 Å². The highest BCUT2D eigenvalue weighted by molar-refractivity contribution is 5.33. The van der Waals surface area contributed by atoms with Crippen LogP contribution in [0.5, 0.6) is 5.75 Å². The molecule has 1 aliphatic rings. The first-order valence-corrected chi connectivity index (χ1v) is 6.28. The average Bonchev–Trinajstić information content (AvgIpc) is 2.79. The van der Waals surface area contributed by atoms with Crippen molar-refractivity contribution in [3.63, 3.8) is 0 Å². The van der Waals surface area contributed by atoms with Crippen LogP contribution in [0.25, 0.3) is 0 Å². The van der Waals surface area contributed by atoms with E-state index in [0.29, 0.717) is 23.8 Å². The molecule has 100 valence electrons. The van der Waals surface area contributed by atoms with E-state index in [1.165, 1.54) is 7.11 Å². The minimum atomic E-state index is -0.279. The average molecular weight is 253 g/mol. The van der Waals surface area contributed by atoms with Gasteiger partial charge in [0.25, 0.3) is 0 Å². The molecule has 0 spiro atoms. The zero-order chi connectivity index (χ0) is 13.1. The van der Waals surface area contributed by atoms with E-state index >= 15 is 0 Å². The molecule has 4 heteroatoms. The summed E-state index contributed by atoms with van der Waals surface area (Å²) >= 11 is 0. The third-order valence-corrected chi connectivity index (χ3v) is 3.56. The van der Waals surface area contributed by atoms with E-state index in [9.17, 15) is 4.39 Å². The van der Waals surface area contributed by atoms with Crippen molar-refractivity contribution in [2.75, 3.05) is 20.8 Å². The number of hydrogen-bond acceptors (Lipinski definition) is 3. The highest BCUT2D eigenvalue weighted by Gasteiger charge is 2.31. The molecule has 0 saturated carbocycles. The van der Waals surface area contributed by atoms with Gasteiger partial charge in [0.2, 0.25) is 0 Å². The number of ether oxygens (including phenoxy) is 2. The molecule has 1 aromatic rings. The molecule has 2 rings (SSSR count). The Labute approximate surface area is 107 Å². The molecule has 0 radical (unpaired) electrons. The van der Waals surface area contributed by atoms with Gasteiger partial charge in [-0.05, 0) is 26.5 Å². The highest BCUT2D eigenvalue weighted by atomic mass is 19.1. The van der Waals surface area contributed by atoms with Gasteiger partial charge in [-0.25, -0.2) is 4.39 Å². The number of rotatable bonds is 4. The first kappa shape index (κ1) is 13.3. The number of halogens is 1. The van der Waals surface area contributed by atoms with E-state index in [4.69, 9.17) is 9.47 Å². The molecule has 1 N–H and O–H groups in total. The van der Waals surface area contributed by atoms with Crippen LogP contribution in [0.4, 0.5) is 4.39 Å². The zero-order valence-electron chi connectivity index (χ0n) is 11.1. The van der Waals surface area contributed by atoms with Crippen LogP contribution >= 0.6 is 0 Å². The number of nitrogens with one attached hydrogen (secondary N) is 1. The van der Waals surface area contributed by atoms with Gasteiger partial charge in [-0.2, -0.15) is 0 Å². The summed E-state index contributed by atoms with van der Waals surface area (Å²) in [6.07, 6.45) is 1.20. The van der Waals surface area contributed by atoms with Crippen molar-refractivity contribution in [2.24, 2.45) is 5.92 Å². The minimum absolute atomic E-state index is 0.0370. The number of methoxy groups -OCH3 is 1. The van der Waals surface area contributed by atoms with Gasteiger partial charge in [-0.3, -0.25) is 0 Å². The van der Waals surface area contributed by atoms with Crippen LogP contribution in [0.2, 0.25) is 0 Å². The Kier molecular flexibility index (Phi) is 4.19. The maximum atomic E-state index is 14.3. The molecular weight excluding hydrogens is 233 g/mol. The Morgan fingerprint density at radius 2 is 2.28 bits per heavy atom. The summed E-state index contributed by atoms with van der Waals surface area (Å²) in [7, 11) is 3.34. The molecule has 0 amide bonds. The lowest BCUT2D eigenvalue weighted by atomic mass is 9.90. The van der Waals surface area contributed by atoms with E-state index in [2.05, 4.69) is 12.2 Å². The van der Waals surface area contributed by atoms with Gasteiger partial charge in [-0.1, -0.05) is 12.1 Å². The Morgan fingerprint density at radius 3 is 2.83 bits per heavy atom. The maximum Gasteiger partial charge on any atom is 0.169 e. The summed E-state index contributed by atoms with van der Waals surface area (Å²) in [6.45, 7) is 2.72.